The standard InChI is InChI=1S/C24H22F2N4/c1-15-11-19(12-16(2)28-15)24-23(17-7-9-20(25)10-8-17)29-22(27)14-30(24)13-18-5-3-4-6-21(18)26/h3-12H,13-14H2,1-2H3,(H2,27,29). The molecule has 2 heterocycles. The van der Waals surface area contributed by atoms with Gasteiger partial charge in [0.15, 0.2) is 0 Å². The van der Waals surface area contributed by atoms with Crippen LogP contribution in [-0.2, 0) is 6.54 Å². The summed E-state index contributed by atoms with van der Waals surface area (Å²) in [5, 5.41) is 0. The number of benzene rings is 2. The van der Waals surface area contributed by atoms with Crippen molar-refractivity contribution in [3.63, 3.8) is 0 Å². The van der Waals surface area contributed by atoms with Crippen LogP contribution in [0.3, 0.4) is 0 Å². The lowest BCUT2D eigenvalue weighted by molar-refractivity contribution is 0.427. The lowest BCUT2D eigenvalue weighted by Gasteiger charge is -2.33. The van der Waals surface area contributed by atoms with Gasteiger partial charge >= 0.3 is 0 Å². The van der Waals surface area contributed by atoms with Crippen molar-refractivity contribution >= 4 is 17.2 Å². The van der Waals surface area contributed by atoms with Gasteiger partial charge in [-0.2, -0.15) is 0 Å². The molecule has 0 unspecified atom stereocenters. The van der Waals surface area contributed by atoms with Crippen LogP contribution in [0.25, 0.3) is 11.4 Å². The molecule has 152 valence electrons. The summed E-state index contributed by atoms with van der Waals surface area (Å²) in [6.45, 7) is 4.53. The zero-order valence-corrected chi connectivity index (χ0v) is 16.9. The monoisotopic (exact) mass is 404 g/mol. The highest BCUT2D eigenvalue weighted by atomic mass is 19.1. The molecule has 0 amide bonds. The van der Waals surface area contributed by atoms with Crippen molar-refractivity contribution in [2.75, 3.05) is 6.54 Å². The summed E-state index contributed by atoms with van der Waals surface area (Å²) in [5.74, 6) is -0.187. The number of hydrogen-bond donors (Lipinski definition) is 1. The van der Waals surface area contributed by atoms with Crippen molar-refractivity contribution in [1.82, 2.24) is 9.88 Å². The predicted molar refractivity (Wildman–Crippen MR) is 115 cm³/mol. The van der Waals surface area contributed by atoms with Crippen molar-refractivity contribution in [3.8, 4) is 0 Å². The Morgan fingerprint density at radius 1 is 0.933 bits per heavy atom. The van der Waals surface area contributed by atoms with Crippen molar-refractivity contribution in [3.05, 3.63) is 100 Å². The Bertz CT molecular complexity index is 1130. The smallest absolute Gasteiger partial charge is 0.128 e. The quantitative estimate of drug-likeness (QED) is 0.687. The molecule has 0 fully saturated rings. The van der Waals surface area contributed by atoms with E-state index in [4.69, 9.17) is 5.73 Å². The minimum atomic E-state index is -0.326. The van der Waals surface area contributed by atoms with Crippen molar-refractivity contribution in [2.45, 2.75) is 20.4 Å². The van der Waals surface area contributed by atoms with E-state index >= 15 is 0 Å². The Morgan fingerprint density at radius 2 is 1.60 bits per heavy atom. The summed E-state index contributed by atoms with van der Waals surface area (Å²) in [6, 6.07) is 16.8. The van der Waals surface area contributed by atoms with Crippen LogP contribution in [0.1, 0.15) is 28.1 Å². The normalized spacial score (nSPS) is 14.1. The number of rotatable bonds is 4. The number of hydrogen-bond acceptors (Lipinski definition) is 4. The van der Waals surface area contributed by atoms with Gasteiger partial charge in [0.1, 0.15) is 17.5 Å². The van der Waals surface area contributed by atoms with Crippen LogP contribution in [0.15, 0.2) is 65.7 Å². The number of nitrogens with two attached hydrogens (primary N) is 1. The molecular weight excluding hydrogens is 382 g/mol. The van der Waals surface area contributed by atoms with Gasteiger partial charge in [-0.25, -0.2) is 13.8 Å². The fourth-order valence-corrected chi connectivity index (χ4v) is 3.72. The highest BCUT2D eigenvalue weighted by molar-refractivity contribution is 6.00. The van der Waals surface area contributed by atoms with E-state index in [1.807, 2.05) is 36.9 Å². The van der Waals surface area contributed by atoms with Crippen molar-refractivity contribution in [2.24, 2.45) is 10.7 Å². The van der Waals surface area contributed by atoms with Crippen molar-refractivity contribution in [1.29, 1.82) is 0 Å². The number of aryl methyl sites for hydroxylation is 2. The van der Waals surface area contributed by atoms with Gasteiger partial charge in [-0.3, -0.25) is 4.98 Å². The van der Waals surface area contributed by atoms with E-state index in [1.54, 1.807) is 24.3 Å². The topological polar surface area (TPSA) is 54.5 Å². The van der Waals surface area contributed by atoms with E-state index in [9.17, 15) is 8.78 Å². The summed E-state index contributed by atoms with van der Waals surface area (Å²) in [5.41, 5.74) is 11.5. The third kappa shape index (κ3) is 4.08. The average Bonchev–Trinajstić information content (AvgIpc) is 2.69. The molecule has 3 aromatic rings. The van der Waals surface area contributed by atoms with Crippen LogP contribution in [0.4, 0.5) is 8.78 Å². The fourth-order valence-electron chi connectivity index (χ4n) is 3.72. The second kappa shape index (κ2) is 8.06. The highest BCUT2D eigenvalue weighted by Gasteiger charge is 2.25. The van der Waals surface area contributed by atoms with Crippen LogP contribution < -0.4 is 5.73 Å². The first kappa shape index (κ1) is 19.8. The van der Waals surface area contributed by atoms with E-state index in [-0.39, 0.29) is 11.6 Å². The minimum absolute atomic E-state index is 0.275. The Hall–Kier alpha value is -3.54. The van der Waals surface area contributed by atoms with E-state index in [0.29, 0.717) is 30.2 Å². The number of aliphatic imine (C=N–C) groups is 1. The summed E-state index contributed by atoms with van der Waals surface area (Å²) in [4.78, 5) is 11.1. The fraction of sp³-hybridized carbons (Fsp3) is 0.167. The number of amidine groups is 1. The SMILES string of the molecule is Cc1cc(C2=C(c3ccc(F)cc3)N=C(N)CN2Cc2ccccc2F)cc(C)n1. The molecule has 30 heavy (non-hydrogen) atoms. The highest BCUT2D eigenvalue weighted by Crippen LogP contribution is 2.35. The molecule has 0 saturated carbocycles. The summed E-state index contributed by atoms with van der Waals surface area (Å²) in [6.07, 6.45) is 0. The first-order valence-corrected chi connectivity index (χ1v) is 9.68. The molecule has 1 aliphatic heterocycles. The molecule has 0 spiro atoms. The lowest BCUT2D eigenvalue weighted by Crippen LogP contribution is -2.36. The Kier molecular flexibility index (Phi) is 5.31. The lowest BCUT2D eigenvalue weighted by atomic mass is 10.0. The van der Waals surface area contributed by atoms with Gasteiger partial charge in [-0.05, 0) is 56.3 Å². The van der Waals surface area contributed by atoms with Crippen LogP contribution in [0.5, 0.6) is 0 Å². The van der Waals surface area contributed by atoms with E-state index in [0.717, 1.165) is 28.2 Å². The van der Waals surface area contributed by atoms with E-state index in [1.165, 1.54) is 18.2 Å². The number of nitrogens with zero attached hydrogens (tertiary/aromatic N) is 3. The zero-order chi connectivity index (χ0) is 21.3. The minimum Gasteiger partial charge on any atom is -0.386 e. The molecular formula is C24H22F2N4. The van der Waals surface area contributed by atoms with Crippen LogP contribution in [0, 0.1) is 25.5 Å². The first-order valence-electron chi connectivity index (χ1n) is 9.68. The summed E-state index contributed by atoms with van der Waals surface area (Å²) in [7, 11) is 0. The molecule has 2 N–H and O–H groups in total. The third-order valence-electron chi connectivity index (χ3n) is 4.94. The van der Waals surface area contributed by atoms with E-state index < -0.39 is 0 Å². The third-order valence-corrected chi connectivity index (χ3v) is 4.94. The summed E-state index contributed by atoms with van der Waals surface area (Å²) >= 11 is 0. The van der Waals surface area contributed by atoms with Gasteiger partial charge in [-0.1, -0.05) is 18.2 Å². The molecule has 0 bridgehead atoms. The molecule has 0 aliphatic carbocycles. The van der Waals surface area contributed by atoms with Gasteiger partial charge in [0.25, 0.3) is 0 Å². The van der Waals surface area contributed by atoms with Crippen LogP contribution in [0.2, 0.25) is 0 Å². The molecule has 6 heteroatoms. The predicted octanol–water partition coefficient (Wildman–Crippen LogP) is 4.68. The first-order chi connectivity index (χ1) is 14.4. The number of aromatic nitrogens is 1. The maximum absolute atomic E-state index is 14.4. The van der Waals surface area contributed by atoms with Crippen molar-refractivity contribution < 1.29 is 8.78 Å². The molecule has 1 aliphatic rings. The van der Waals surface area contributed by atoms with Crippen LogP contribution >= 0.6 is 0 Å². The average molecular weight is 404 g/mol. The molecule has 0 atom stereocenters. The number of pyridine rings is 1. The Morgan fingerprint density at radius 3 is 2.27 bits per heavy atom. The van der Waals surface area contributed by atoms with E-state index in [2.05, 4.69) is 9.98 Å². The van der Waals surface area contributed by atoms with Crippen LogP contribution in [-0.4, -0.2) is 22.3 Å². The Labute approximate surface area is 174 Å². The van der Waals surface area contributed by atoms with Gasteiger partial charge < -0.3 is 10.6 Å². The molecule has 0 radical (unpaired) electrons. The molecule has 2 aromatic carbocycles. The maximum atomic E-state index is 14.4. The molecule has 4 rings (SSSR count). The second-order valence-corrected chi connectivity index (χ2v) is 7.39. The zero-order valence-electron chi connectivity index (χ0n) is 16.9. The molecule has 1 aromatic heterocycles. The largest absolute Gasteiger partial charge is 0.386 e. The molecule has 4 nitrogen and oxygen atoms in total. The van der Waals surface area contributed by atoms with Gasteiger partial charge in [0, 0.05) is 34.6 Å². The maximum Gasteiger partial charge on any atom is 0.128 e. The second-order valence-electron chi connectivity index (χ2n) is 7.39. The van der Waals surface area contributed by atoms with Gasteiger partial charge in [-0.15, -0.1) is 0 Å². The Balaban J connectivity index is 1.91. The number of halogens is 2. The molecule has 0 saturated heterocycles. The van der Waals surface area contributed by atoms with Gasteiger partial charge in [0.2, 0.25) is 0 Å². The summed E-state index contributed by atoms with van der Waals surface area (Å²) < 4.78 is 27.9. The van der Waals surface area contributed by atoms with Gasteiger partial charge in [0.05, 0.1) is 17.9 Å².